The number of hydrogen-bond donors (Lipinski definition) is 6. The molecule has 0 radical (unpaired) electrons. The standard InChI is InChI=1S/2C21H26BrFN3O9P/c2*1-12(2)33-18(29)13(3)25-36(31,35-14-7-5-4-6-8-14)32-11-15-17(28)21(22,23)19(34-15)26-10-9-16(27)24-20(26)30/h2*4-10,12-13,15,17,19,28H,11H2,1-3H3,(H,25,31)(H,24,27,30)/t13-,15+,17?,19+,21+,36+;13-,15+,17?,19+,21+,36-/m00/s1. The van der Waals surface area contributed by atoms with Gasteiger partial charge in [-0.1, -0.05) is 36.4 Å². The van der Waals surface area contributed by atoms with Gasteiger partial charge in [-0.2, -0.15) is 10.2 Å². The van der Waals surface area contributed by atoms with Crippen LogP contribution in [-0.2, 0) is 46.7 Å². The molecule has 2 fully saturated rings. The lowest BCUT2D eigenvalue weighted by Gasteiger charge is -2.25. The Morgan fingerprint density at radius 3 is 1.29 bits per heavy atom. The van der Waals surface area contributed by atoms with E-state index in [4.69, 9.17) is 37.0 Å². The van der Waals surface area contributed by atoms with E-state index >= 15 is 8.78 Å². The number of benzene rings is 2. The van der Waals surface area contributed by atoms with Crippen LogP contribution in [0.4, 0.5) is 8.78 Å². The number of rotatable bonds is 20. The maximum absolute atomic E-state index is 15.3. The molecule has 2 aromatic heterocycles. The average molecular weight is 1190 g/mol. The van der Waals surface area contributed by atoms with Crippen molar-refractivity contribution in [3.05, 3.63) is 127 Å². The lowest BCUT2D eigenvalue weighted by molar-refractivity contribution is -0.150. The van der Waals surface area contributed by atoms with Crippen LogP contribution in [0.15, 0.2) is 104 Å². The number of carbonyl (C=O) groups is 2. The Morgan fingerprint density at radius 2 is 0.986 bits per heavy atom. The third-order valence-electron chi connectivity index (χ3n) is 9.84. The Balaban J connectivity index is 0.000000267. The predicted octanol–water partition coefficient (Wildman–Crippen LogP) is 3.98. The van der Waals surface area contributed by atoms with Crippen LogP contribution in [0.5, 0.6) is 11.5 Å². The number of esters is 2. The first kappa shape index (κ1) is 58.2. The van der Waals surface area contributed by atoms with Gasteiger partial charge >= 0.3 is 38.8 Å². The Morgan fingerprint density at radius 1 is 0.653 bits per heavy atom. The summed E-state index contributed by atoms with van der Waals surface area (Å²) >= 11 is 5.47. The predicted molar refractivity (Wildman–Crippen MR) is 257 cm³/mol. The second-order valence-corrected chi connectivity index (χ2v) is 22.2. The van der Waals surface area contributed by atoms with Gasteiger partial charge in [-0.15, -0.1) is 0 Å². The highest BCUT2D eigenvalue weighted by Gasteiger charge is 2.59. The molecule has 0 saturated carbocycles. The minimum Gasteiger partial charge on any atom is -0.462 e. The molecule has 2 aliphatic heterocycles. The fourth-order valence-corrected chi connectivity index (χ4v) is 10.7. The van der Waals surface area contributed by atoms with E-state index in [-0.39, 0.29) is 11.5 Å². The first-order valence-electron chi connectivity index (χ1n) is 21.6. The van der Waals surface area contributed by atoms with Gasteiger partial charge in [0.25, 0.3) is 11.1 Å². The summed E-state index contributed by atoms with van der Waals surface area (Å²) in [5.74, 6) is -1.15. The summed E-state index contributed by atoms with van der Waals surface area (Å²) in [6, 6.07) is 15.6. The van der Waals surface area contributed by atoms with Gasteiger partial charge < -0.3 is 38.2 Å². The van der Waals surface area contributed by atoms with Crippen molar-refractivity contribution in [3.8, 4) is 11.5 Å². The molecule has 0 spiro atoms. The van der Waals surface area contributed by atoms with Gasteiger partial charge in [0, 0.05) is 24.5 Å². The fourth-order valence-electron chi connectivity index (χ4n) is 6.45. The van der Waals surface area contributed by atoms with Gasteiger partial charge in [-0.25, -0.2) is 27.5 Å². The molecule has 24 nitrogen and oxygen atoms in total. The van der Waals surface area contributed by atoms with Crippen molar-refractivity contribution in [2.75, 3.05) is 13.2 Å². The zero-order valence-corrected chi connectivity index (χ0v) is 44.0. The normalized spacial score (nSPS) is 26.4. The van der Waals surface area contributed by atoms with Crippen molar-refractivity contribution >= 4 is 59.3 Å². The number of H-pyrrole nitrogens is 2. The van der Waals surface area contributed by atoms with E-state index in [0.717, 1.165) is 33.7 Å². The maximum Gasteiger partial charge on any atom is 0.459 e. The van der Waals surface area contributed by atoms with Crippen molar-refractivity contribution in [1.29, 1.82) is 0 Å². The lowest BCUT2D eigenvalue weighted by Crippen LogP contribution is -2.41. The highest BCUT2D eigenvalue weighted by atomic mass is 79.9. The molecule has 72 heavy (non-hydrogen) atoms. The molecular formula is C42H52Br2F2N6O18P2. The van der Waals surface area contributed by atoms with Crippen LogP contribution in [0.3, 0.4) is 0 Å². The summed E-state index contributed by atoms with van der Waals surface area (Å²) in [6.45, 7) is 8.02. The molecule has 2 unspecified atom stereocenters. The van der Waals surface area contributed by atoms with E-state index in [2.05, 4.69) is 42.0 Å². The third kappa shape index (κ3) is 15.2. The van der Waals surface area contributed by atoms with Crippen LogP contribution in [0.1, 0.15) is 54.0 Å². The molecule has 6 rings (SSSR count). The molecule has 2 saturated heterocycles. The largest absolute Gasteiger partial charge is 0.462 e. The molecule has 2 aliphatic rings. The molecule has 2 aromatic carbocycles. The highest BCUT2D eigenvalue weighted by Crippen LogP contribution is 2.51. The van der Waals surface area contributed by atoms with E-state index in [1.807, 2.05) is 9.97 Å². The number of halogens is 4. The number of nitrogens with zero attached hydrogens (tertiary/aromatic N) is 2. The number of aliphatic hydroxyl groups is 2. The first-order chi connectivity index (χ1) is 33.6. The number of aliphatic hydroxyl groups excluding tert-OH is 2. The van der Waals surface area contributed by atoms with Crippen LogP contribution >= 0.6 is 47.4 Å². The summed E-state index contributed by atoms with van der Waals surface area (Å²) in [4.78, 5) is 75.3. The van der Waals surface area contributed by atoms with E-state index in [9.17, 15) is 48.1 Å². The van der Waals surface area contributed by atoms with Crippen LogP contribution < -0.4 is 41.7 Å². The molecule has 0 amide bonds. The van der Waals surface area contributed by atoms with E-state index in [1.165, 1.54) is 38.1 Å². The Labute approximate surface area is 425 Å². The van der Waals surface area contributed by atoms with E-state index in [1.54, 1.807) is 64.1 Å². The molecule has 4 heterocycles. The SMILES string of the molecule is CC(C)OC(=O)[C@H](C)N[P@@](=O)(OC[C@H]1O[C@@H](n2ccc(=O)[nH]c2=O)[C@@](F)(Br)C1O)Oc1ccccc1.CC(C)OC(=O)[C@H](C)N[P@](=O)(OC[C@H]1O[C@@H](n2ccc(=O)[nH]c2=O)[C@@](F)(Br)C1O)Oc1ccccc1. The van der Waals surface area contributed by atoms with E-state index in [0.29, 0.717) is 0 Å². The molecule has 4 aromatic rings. The van der Waals surface area contributed by atoms with Crippen molar-refractivity contribution < 1.29 is 74.8 Å². The number of carbonyl (C=O) groups excluding carboxylic acids is 2. The summed E-state index contributed by atoms with van der Waals surface area (Å²) in [5, 5.41) is 25.9. The quantitative estimate of drug-likeness (QED) is 0.0414. The van der Waals surface area contributed by atoms with Crippen LogP contribution in [0, 0.1) is 0 Å². The molecule has 0 bridgehead atoms. The Bertz CT molecular complexity index is 2630. The molecule has 6 N–H and O–H groups in total. The van der Waals surface area contributed by atoms with Crippen molar-refractivity contribution in [3.63, 3.8) is 0 Å². The number of alkyl halides is 4. The van der Waals surface area contributed by atoms with E-state index < -0.39 is 133 Å². The summed E-state index contributed by atoms with van der Waals surface area (Å²) < 4.78 is 97.0. The van der Waals surface area contributed by atoms with Crippen molar-refractivity contribution in [2.45, 2.75) is 112 Å². The van der Waals surface area contributed by atoms with Crippen LogP contribution in [0.2, 0.25) is 0 Å². The molecule has 30 heteroatoms. The number of hydrogen-bond acceptors (Lipinski definition) is 18. The van der Waals surface area contributed by atoms with Gasteiger partial charge in [0.1, 0.15) is 48.0 Å². The zero-order chi connectivity index (χ0) is 53.3. The highest BCUT2D eigenvalue weighted by molar-refractivity contribution is 9.10. The minimum atomic E-state index is -4.32. The van der Waals surface area contributed by atoms with Crippen LogP contribution in [0.25, 0.3) is 0 Å². The lowest BCUT2D eigenvalue weighted by atomic mass is 10.1. The van der Waals surface area contributed by atoms with Crippen molar-refractivity contribution in [2.24, 2.45) is 0 Å². The third-order valence-corrected chi connectivity index (χ3v) is 14.8. The topological polar surface area (TPSA) is 316 Å². The van der Waals surface area contributed by atoms with Gasteiger partial charge in [0.2, 0.25) is 9.16 Å². The monoisotopic (exact) mass is 1190 g/mol. The number of para-hydroxylation sites is 2. The molecule has 396 valence electrons. The van der Waals surface area contributed by atoms with Gasteiger partial charge in [-0.05, 0) is 97.7 Å². The number of ether oxygens (including phenoxy) is 4. The summed E-state index contributed by atoms with van der Waals surface area (Å²) in [5.41, 5.74) is -3.35. The molecular weight excluding hydrogens is 1140 g/mol. The summed E-state index contributed by atoms with van der Waals surface area (Å²) in [7, 11) is -8.64. The average Bonchev–Trinajstić information content (AvgIpc) is 3.66. The first-order valence-corrected chi connectivity index (χ1v) is 26.3. The number of aromatic amines is 2. The fraction of sp³-hybridized carbons (Fsp3) is 0.476. The van der Waals surface area contributed by atoms with Gasteiger partial charge in [0.05, 0.1) is 25.4 Å². The molecule has 12 atom stereocenters. The second kappa shape index (κ2) is 24.6. The van der Waals surface area contributed by atoms with Crippen LogP contribution in [-0.4, -0.2) is 112 Å². The Kier molecular flexibility index (Phi) is 19.8. The van der Waals surface area contributed by atoms with Crippen molar-refractivity contribution in [1.82, 2.24) is 29.3 Å². The summed E-state index contributed by atoms with van der Waals surface area (Å²) in [6.07, 6.45) is -8.91. The number of nitrogens with one attached hydrogen (secondary N) is 4. The smallest absolute Gasteiger partial charge is 0.459 e. The second-order valence-electron chi connectivity index (χ2n) is 16.4. The zero-order valence-electron chi connectivity index (χ0n) is 39.0. The van der Waals surface area contributed by atoms with Gasteiger partial charge in [0.15, 0.2) is 12.5 Å². The molecule has 0 aliphatic carbocycles. The van der Waals surface area contributed by atoms with Gasteiger partial charge in [-0.3, -0.25) is 47.3 Å². The minimum absolute atomic E-state index is 0.142. The maximum atomic E-state index is 15.3. The number of aromatic nitrogens is 4. The Hall–Kier alpha value is -4.70.